The summed E-state index contributed by atoms with van der Waals surface area (Å²) in [6.07, 6.45) is 6.10. The number of nitrogens with zero attached hydrogens (tertiary/aromatic N) is 6. The van der Waals surface area contributed by atoms with Crippen LogP contribution in [-0.4, -0.2) is 36.6 Å². The summed E-state index contributed by atoms with van der Waals surface area (Å²) in [5.74, 6) is 0.775. The third-order valence-corrected chi connectivity index (χ3v) is 3.80. The molecule has 1 aliphatic heterocycles. The van der Waals surface area contributed by atoms with Crippen LogP contribution in [0.5, 0.6) is 0 Å². The molecule has 0 radical (unpaired) electrons. The molecule has 2 aromatic heterocycles. The Balaban J connectivity index is 1.78. The molecule has 3 rings (SSSR count). The van der Waals surface area contributed by atoms with E-state index in [1.165, 1.54) is 16.8 Å². The molecule has 2 aromatic rings. The van der Waals surface area contributed by atoms with Gasteiger partial charge in [-0.2, -0.15) is 4.80 Å². The van der Waals surface area contributed by atoms with Crippen molar-refractivity contribution in [2.24, 2.45) is 7.05 Å². The Morgan fingerprint density at radius 1 is 1.42 bits per heavy atom. The van der Waals surface area contributed by atoms with Crippen LogP contribution in [0.3, 0.4) is 0 Å². The van der Waals surface area contributed by atoms with Crippen molar-refractivity contribution in [2.75, 3.05) is 6.54 Å². The van der Waals surface area contributed by atoms with E-state index in [4.69, 9.17) is 0 Å². The van der Waals surface area contributed by atoms with Crippen molar-refractivity contribution < 1.29 is 0 Å². The molecule has 1 atom stereocenters. The number of pyridine rings is 1. The lowest BCUT2D eigenvalue weighted by Gasteiger charge is -2.23. The number of tetrazole rings is 1. The van der Waals surface area contributed by atoms with Crippen LogP contribution in [0.1, 0.15) is 30.3 Å². The van der Waals surface area contributed by atoms with E-state index >= 15 is 0 Å². The molecule has 100 valence electrons. The van der Waals surface area contributed by atoms with E-state index in [-0.39, 0.29) is 0 Å². The molecule has 0 amide bonds. The maximum Gasteiger partial charge on any atom is 0.188 e. The van der Waals surface area contributed by atoms with Crippen LogP contribution in [0.2, 0.25) is 0 Å². The molecule has 0 spiro atoms. The average Bonchev–Trinajstić information content (AvgIpc) is 2.99. The molecule has 1 saturated heterocycles. The molecule has 1 aliphatic rings. The van der Waals surface area contributed by atoms with Crippen LogP contribution in [-0.2, 0) is 13.6 Å². The molecule has 6 nitrogen and oxygen atoms in total. The first-order chi connectivity index (χ1) is 9.22. The quantitative estimate of drug-likeness (QED) is 0.860. The first-order valence-electron chi connectivity index (χ1n) is 6.30. The first-order valence-corrected chi connectivity index (χ1v) is 7.09. The first kappa shape index (κ1) is 12.7. The Labute approximate surface area is 120 Å². The number of aromatic nitrogens is 5. The zero-order valence-electron chi connectivity index (χ0n) is 10.7. The van der Waals surface area contributed by atoms with E-state index in [1.807, 2.05) is 12.4 Å². The minimum atomic E-state index is 0.397. The smallest absolute Gasteiger partial charge is 0.188 e. The Kier molecular flexibility index (Phi) is 3.56. The molecule has 0 N–H and O–H groups in total. The van der Waals surface area contributed by atoms with Gasteiger partial charge in [-0.1, -0.05) is 0 Å². The number of hydrogen-bond donors (Lipinski definition) is 0. The van der Waals surface area contributed by atoms with Gasteiger partial charge in [0.25, 0.3) is 0 Å². The summed E-state index contributed by atoms with van der Waals surface area (Å²) in [4.78, 5) is 8.14. The van der Waals surface area contributed by atoms with Gasteiger partial charge in [0.15, 0.2) is 5.82 Å². The molecule has 0 saturated carbocycles. The van der Waals surface area contributed by atoms with Crippen molar-refractivity contribution in [2.45, 2.75) is 25.4 Å². The van der Waals surface area contributed by atoms with E-state index in [0.717, 1.165) is 29.8 Å². The standard InChI is InChI=1S/C12H15BrN6/c1-18-16-12(15-17-18)8-19-4-2-3-11(19)9-5-10(13)7-14-6-9/h5-7,11H,2-4,8H2,1H3. The Hall–Kier alpha value is -1.34. The van der Waals surface area contributed by atoms with Crippen LogP contribution in [0.4, 0.5) is 0 Å². The molecule has 0 aromatic carbocycles. The fourth-order valence-electron chi connectivity index (χ4n) is 2.57. The van der Waals surface area contributed by atoms with E-state index in [2.05, 4.69) is 47.3 Å². The lowest BCUT2D eigenvalue weighted by molar-refractivity contribution is 0.241. The van der Waals surface area contributed by atoms with E-state index in [9.17, 15) is 0 Å². The van der Waals surface area contributed by atoms with Gasteiger partial charge in [-0.25, -0.2) is 0 Å². The predicted molar refractivity (Wildman–Crippen MR) is 73.1 cm³/mol. The van der Waals surface area contributed by atoms with E-state index < -0.39 is 0 Å². The molecule has 7 heteroatoms. The zero-order valence-corrected chi connectivity index (χ0v) is 12.3. The van der Waals surface area contributed by atoms with Gasteiger partial charge in [-0.05, 0) is 52.2 Å². The minimum Gasteiger partial charge on any atom is -0.289 e. The van der Waals surface area contributed by atoms with Gasteiger partial charge in [0.2, 0.25) is 0 Å². The van der Waals surface area contributed by atoms with Gasteiger partial charge in [0.1, 0.15) is 0 Å². The third-order valence-electron chi connectivity index (χ3n) is 3.37. The number of rotatable bonds is 3. The van der Waals surface area contributed by atoms with Gasteiger partial charge in [-0.3, -0.25) is 9.88 Å². The maximum atomic E-state index is 4.25. The van der Waals surface area contributed by atoms with Crippen molar-refractivity contribution in [1.29, 1.82) is 0 Å². The highest BCUT2D eigenvalue weighted by molar-refractivity contribution is 9.10. The van der Waals surface area contributed by atoms with Crippen LogP contribution in [0, 0.1) is 0 Å². The lowest BCUT2D eigenvalue weighted by Crippen LogP contribution is -2.23. The summed E-state index contributed by atoms with van der Waals surface area (Å²) in [5, 5.41) is 12.2. The van der Waals surface area contributed by atoms with E-state index in [0.29, 0.717) is 6.04 Å². The molecule has 0 aliphatic carbocycles. The van der Waals surface area contributed by atoms with Crippen LogP contribution >= 0.6 is 15.9 Å². The number of hydrogen-bond acceptors (Lipinski definition) is 5. The number of aryl methyl sites for hydroxylation is 1. The summed E-state index contributed by atoms with van der Waals surface area (Å²) < 4.78 is 1.02. The largest absolute Gasteiger partial charge is 0.289 e. The van der Waals surface area contributed by atoms with Gasteiger partial charge < -0.3 is 0 Å². The van der Waals surface area contributed by atoms with Gasteiger partial charge in [-0.15, -0.1) is 10.2 Å². The number of likely N-dealkylation sites (tertiary alicyclic amines) is 1. The van der Waals surface area contributed by atoms with Crippen LogP contribution < -0.4 is 0 Å². The summed E-state index contributed by atoms with van der Waals surface area (Å²) in [6, 6.07) is 2.54. The van der Waals surface area contributed by atoms with Crippen molar-refractivity contribution in [3.8, 4) is 0 Å². The number of halogens is 1. The highest BCUT2D eigenvalue weighted by Gasteiger charge is 2.27. The molecule has 1 fully saturated rings. The maximum absolute atomic E-state index is 4.25. The summed E-state index contributed by atoms with van der Waals surface area (Å²) in [7, 11) is 1.79. The highest BCUT2D eigenvalue weighted by atomic mass is 79.9. The lowest BCUT2D eigenvalue weighted by atomic mass is 10.1. The fraction of sp³-hybridized carbons (Fsp3) is 0.500. The van der Waals surface area contributed by atoms with Gasteiger partial charge in [0, 0.05) is 22.9 Å². The third kappa shape index (κ3) is 2.82. The predicted octanol–water partition coefficient (Wildman–Crippen LogP) is 1.70. The molecule has 19 heavy (non-hydrogen) atoms. The summed E-state index contributed by atoms with van der Waals surface area (Å²) in [6.45, 7) is 1.81. The minimum absolute atomic E-state index is 0.397. The SMILES string of the molecule is Cn1nnc(CN2CCCC2c2cncc(Br)c2)n1. The summed E-state index contributed by atoms with van der Waals surface area (Å²) in [5.41, 5.74) is 1.25. The molecule has 0 bridgehead atoms. The highest BCUT2D eigenvalue weighted by Crippen LogP contribution is 2.33. The molecular weight excluding hydrogens is 308 g/mol. The second-order valence-electron chi connectivity index (χ2n) is 4.76. The molecular formula is C12H15BrN6. The van der Waals surface area contributed by atoms with Crippen molar-refractivity contribution in [1.82, 2.24) is 30.1 Å². The van der Waals surface area contributed by atoms with Crippen molar-refractivity contribution in [3.63, 3.8) is 0 Å². The molecule has 1 unspecified atom stereocenters. The van der Waals surface area contributed by atoms with Crippen LogP contribution in [0.15, 0.2) is 22.9 Å². The topological polar surface area (TPSA) is 59.7 Å². The Bertz CT molecular complexity index is 569. The van der Waals surface area contributed by atoms with Crippen LogP contribution in [0.25, 0.3) is 0 Å². The normalized spacial score (nSPS) is 20.0. The Morgan fingerprint density at radius 3 is 3.05 bits per heavy atom. The Morgan fingerprint density at radius 2 is 2.32 bits per heavy atom. The zero-order chi connectivity index (χ0) is 13.2. The van der Waals surface area contributed by atoms with Gasteiger partial charge >= 0.3 is 0 Å². The van der Waals surface area contributed by atoms with Crippen molar-refractivity contribution >= 4 is 15.9 Å². The summed E-state index contributed by atoms with van der Waals surface area (Å²) >= 11 is 3.48. The second-order valence-corrected chi connectivity index (χ2v) is 5.68. The van der Waals surface area contributed by atoms with E-state index in [1.54, 1.807) is 7.05 Å². The molecule has 3 heterocycles. The van der Waals surface area contributed by atoms with Crippen molar-refractivity contribution in [3.05, 3.63) is 34.3 Å². The monoisotopic (exact) mass is 322 g/mol. The fourth-order valence-corrected chi connectivity index (χ4v) is 2.95. The average molecular weight is 323 g/mol. The van der Waals surface area contributed by atoms with Gasteiger partial charge in [0.05, 0.1) is 13.6 Å². The second kappa shape index (κ2) is 5.34.